The van der Waals surface area contributed by atoms with Crippen LogP contribution in [0, 0.1) is 0 Å². The SMILES string of the molecule is c1cc(-c2ccccc2N(c2ccc(-c3cc4ccccc4c4ccccc34)cc2)c2ccc(-c3cccc4sc5ccccc5c34)cc2)cc(-c2cccc3ccccc23)c1. The molecule has 2 heteroatoms. The Labute approximate surface area is 365 Å². The second-order valence-electron chi connectivity index (χ2n) is 16.0. The van der Waals surface area contributed by atoms with E-state index in [1.165, 1.54) is 91.4 Å². The number of hydrogen-bond donors (Lipinski definition) is 0. The lowest BCUT2D eigenvalue weighted by Crippen LogP contribution is -2.11. The van der Waals surface area contributed by atoms with Gasteiger partial charge in [-0.25, -0.2) is 0 Å². The molecule has 11 aromatic carbocycles. The minimum atomic E-state index is 1.09. The molecule has 290 valence electrons. The van der Waals surface area contributed by atoms with Crippen molar-refractivity contribution in [1.29, 1.82) is 0 Å². The molecule has 0 bridgehead atoms. The zero-order valence-electron chi connectivity index (χ0n) is 33.9. The van der Waals surface area contributed by atoms with Crippen molar-refractivity contribution in [2.45, 2.75) is 0 Å². The average Bonchev–Trinajstić information content (AvgIpc) is 3.74. The Bertz CT molecular complexity index is 3630. The largest absolute Gasteiger partial charge is 0.310 e. The fourth-order valence-electron chi connectivity index (χ4n) is 9.56. The van der Waals surface area contributed by atoms with Crippen LogP contribution in [0.25, 0.3) is 97.0 Å². The lowest BCUT2D eigenvalue weighted by atomic mass is 9.93. The first-order valence-electron chi connectivity index (χ1n) is 21.2. The summed E-state index contributed by atoms with van der Waals surface area (Å²) in [7, 11) is 0. The third kappa shape index (κ3) is 6.15. The van der Waals surface area contributed by atoms with E-state index in [4.69, 9.17) is 0 Å². The molecule has 0 fully saturated rings. The van der Waals surface area contributed by atoms with Crippen LogP contribution in [0.5, 0.6) is 0 Å². The van der Waals surface area contributed by atoms with E-state index in [1.807, 2.05) is 11.3 Å². The third-order valence-corrected chi connectivity index (χ3v) is 13.6. The lowest BCUT2D eigenvalue weighted by Gasteiger charge is -2.28. The number of rotatable bonds is 7. The van der Waals surface area contributed by atoms with Crippen LogP contribution in [-0.2, 0) is 0 Å². The van der Waals surface area contributed by atoms with Crippen LogP contribution in [0.1, 0.15) is 0 Å². The molecule has 0 aliphatic carbocycles. The number of anilines is 3. The topological polar surface area (TPSA) is 3.24 Å². The van der Waals surface area contributed by atoms with Crippen LogP contribution in [0.2, 0.25) is 0 Å². The van der Waals surface area contributed by atoms with E-state index in [-0.39, 0.29) is 0 Å². The van der Waals surface area contributed by atoms with Crippen LogP contribution in [0.4, 0.5) is 17.1 Å². The van der Waals surface area contributed by atoms with Crippen molar-refractivity contribution < 1.29 is 0 Å². The summed E-state index contributed by atoms with van der Waals surface area (Å²) in [5.41, 5.74) is 13.0. The van der Waals surface area contributed by atoms with Crippen LogP contribution >= 0.6 is 11.3 Å². The molecule has 12 rings (SSSR count). The highest BCUT2D eigenvalue weighted by atomic mass is 32.1. The molecule has 0 atom stereocenters. The van der Waals surface area contributed by atoms with Gasteiger partial charge in [0, 0.05) is 37.1 Å². The minimum absolute atomic E-state index is 1.09. The molecule has 12 aromatic rings. The molecule has 0 spiro atoms. The molecule has 0 saturated heterocycles. The van der Waals surface area contributed by atoms with E-state index in [1.54, 1.807) is 0 Å². The van der Waals surface area contributed by atoms with Crippen molar-refractivity contribution in [3.05, 3.63) is 237 Å². The molecule has 1 aromatic heterocycles. The third-order valence-electron chi connectivity index (χ3n) is 12.5. The molecule has 0 N–H and O–H groups in total. The highest BCUT2D eigenvalue weighted by Gasteiger charge is 2.19. The fourth-order valence-corrected chi connectivity index (χ4v) is 10.7. The van der Waals surface area contributed by atoms with Crippen LogP contribution < -0.4 is 4.90 Å². The van der Waals surface area contributed by atoms with Gasteiger partial charge in [-0.3, -0.25) is 0 Å². The predicted octanol–water partition coefficient (Wildman–Crippen LogP) is 17.7. The van der Waals surface area contributed by atoms with Crippen LogP contribution in [-0.4, -0.2) is 0 Å². The molecule has 0 radical (unpaired) electrons. The van der Waals surface area contributed by atoms with Gasteiger partial charge in [0.1, 0.15) is 0 Å². The first kappa shape index (κ1) is 36.1. The van der Waals surface area contributed by atoms with Crippen molar-refractivity contribution >= 4 is 80.9 Å². The van der Waals surface area contributed by atoms with Gasteiger partial charge in [-0.15, -0.1) is 11.3 Å². The number of para-hydroxylation sites is 1. The summed E-state index contributed by atoms with van der Waals surface area (Å²) in [4.78, 5) is 2.42. The lowest BCUT2D eigenvalue weighted by molar-refractivity contribution is 1.28. The van der Waals surface area contributed by atoms with Gasteiger partial charge in [0.25, 0.3) is 0 Å². The predicted molar refractivity (Wildman–Crippen MR) is 268 cm³/mol. The molecule has 0 amide bonds. The van der Waals surface area contributed by atoms with Gasteiger partial charge in [-0.05, 0) is 126 Å². The number of benzene rings is 11. The van der Waals surface area contributed by atoms with Gasteiger partial charge in [-0.1, -0.05) is 182 Å². The summed E-state index contributed by atoms with van der Waals surface area (Å²) in [6, 6.07) is 86.7. The Morgan fingerprint density at radius 2 is 0.790 bits per heavy atom. The molecular formula is C60H39NS. The summed E-state index contributed by atoms with van der Waals surface area (Å²) in [5, 5.41) is 10.2. The van der Waals surface area contributed by atoms with E-state index in [0.29, 0.717) is 0 Å². The van der Waals surface area contributed by atoms with E-state index in [0.717, 1.165) is 22.6 Å². The van der Waals surface area contributed by atoms with E-state index < -0.39 is 0 Å². The summed E-state index contributed by atoms with van der Waals surface area (Å²) in [6.45, 7) is 0. The Balaban J connectivity index is 1.01. The van der Waals surface area contributed by atoms with Gasteiger partial charge in [0.2, 0.25) is 0 Å². The maximum atomic E-state index is 2.42. The van der Waals surface area contributed by atoms with Crippen molar-refractivity contribution in [2.75, 3.05) is 4.90 Å². The zero-order chi connectivity index (χ0) is 41.0. The van der Waals surface area contributed by atoms with Gasteiger partial charge in [0.15, 0.2) is 0 Å². The molecular weight excluding hydrogens is 767 g/mol. The number of nitrogens with zero attached hydrogens (tertiary/aromatic N) is 1. The number of thiophene rings is 1. The summed E-state index contributed by atoms with van der Waals surface area (Å²) in [5.74, 6) is 0. The maximum absolute atomic E-state index is 2.42. The summed E-state index contributed by atoms with van der Waals surface area (Å²) >= 11 is 1.86. The van der Waals surface area contributed by atoms with Crippen molar-refractivity contribution in [2.24, 2.45) is 0 Å². The van der Waals surface area contributed by atoms with Crippen LogP contribution in [0.3, 0.4) is 0 Å². The summed E-state index contributed by atoms with van der Waals surface area (Å²) < 4.78 is 2.63. The highest BCUT2D eigenvalue weighted by Crippen LogP contribution is 2.45. The highest BCUT2D eigenvalue weighted by molar-refractivity contribution is 7.25. The molecule has 0 saturated carbocycles. The van der Waals surface area contributed by atoms with Gasteiger partial charge in [-0.2, -0.15) is 0 Å². The van der Waals surface area contributed by atoms with Crippen molar-refractivity contribution in [3.63, 3.8) is 0 Å². The molecule has 62 heavy (non-hydrogen) atoms. The Morgan fingerprint density at radius 3 is 1.58 bits per heavy atom. The second kappa shape index (κ2) is 15.0. The van der Waals surface area contributed by atoms with E-state index >= 15 is 0 Å². The number of hydrogen-bond acceptors (Lipinski definition) is 2. The summed E-state index contributed by atoms with van der Waals surface area (Å²) in [6.07, 6.45) is 0. The maximum Gasteiger partial charge on any atom is 0.0540 e. The molecule has 1 nitrogen and oxygen atoms in total. The Kier molecular flexibility index (Phi) is 8.76. The van der Waals surface area contributed by atoms with Crippen molar-refractivity contribution in [1.82, 2.24) is 0 Å². The monoisotopic (exact) mass is 805 g/mol. The van der Waals surface area contributed by atoms with Crippen molar-refractivity contribution in [3.8, 4) is 44.5 Å². The second-order valence-corrected chi connectivity index (χ2v) is 17.1. The smallest absolute Gasteiger partial charge is 0.0540 e. The Morgan fingerprint density at radius 1 is 0.274 bits per heavy atom. The van der Waals surface area contributed by atoms with E-state index in [2.05, 4.69) is 241 Å². The van der Waals surface area contributed by atoms with Gasteiger partial charge in [0.05, 0.1) is 5.69 Å². The first-order valence-corrected chi connectivity index (χ1v) is 22.1. The minimum Gasteiger partial charge on any atom is -0.310 e. The standard InChI is InChI=1S/C60H39NS/c1-3-19-48-40(14-1)16-12-25-49(48)43-17-11-18-44(38-43)51-21-7-9-27-57(51)61(46-34-30-41(31-35-46)52-26-13-29-59-60(52)55-24-8-10-28-58(55)62-59)47-36-32-42(33-37-47)56-39-45-15-2-4-20-50(45)53-22-5-6-23-54(53)56/h1-39H. The van der Waals surface area contributed by atoms with Crippen LogP contribution in [0.15, 0.2) is 237 Å². The first-order chi connectivity index (χ1) is 30.7. The van der Waals surface area contributed by atoms with Gasteiger partial charge < -0.3 is 4.90 Å². The molecule has 0 unspecified atom stereocenters. The molecule has 0 aliphatic heterocycles. The number of fused-ring (bicyclic) bond motifs is 7. The average molecular weight is 806 g/mol. The quantitative estimate of drug-likeness (QED) is 0.145. The Hall–Kier alpha value is -7.78. The molecule has 0 aliphatic rings. The van der Waals surface area contributed by atoms with Gasteiger partial charge >= 0.3 is 0 Å². The van der Waals surface area contributed by atoms with E-state index in [9.17, 15) is 0 Å². The normalized spacial score (nSPS) is 11.5. The zero-order valence-corrected chi connectivity index (χ0v) is 34.7. The fraction of sp³-hybridized carbons (Fsp3) is 0. The molecule has 1 heterocycles.